The van der Waals surface area contributed by atoms with Gasteiger partial charge in [0.2, 0.25) is 5.91 Å². The molecule has 1 aromatic carbocycles. The summed E-state index contributed by atoms with van der Waals surface area (Å²) in [5, 5.41) is 16.6. The fraction of sp³-hybridized carbons (Fsp3) is 0.242. The zero-order chi connectivity index (χ0) is 28.7. The molecule has 0 spiro atoms. The fourth-order valence-corrected chi connectivity index (χ4v) is 6.20. The van der Waals surface area contributed by atoms with Crippen LogP contribution in [0.15, 0.2) is 83.2 Å². The number of halogens is 1. The number of H-pyrrole nitrogens is 1. The number of carbonyl (C=O) groups is 1. The van der Waals surface area contributed by atoms with Crippen LogP contribution in [0.5, 0.6) is 0 Å². The van der Waals surface area contributed by atoms with Crippen LogP contribution < -0.4 is 10.6 Å². The zero-order valence-corrected chi connectivity index (χ0v) is 24.4. The van der Waals surface area contributed by atoms with E-state index in [0.29, 0.717) is 39.8 Å². The molecule has 0 atom stereocenters. The predicted molar refractivity (Wildman–Crippen MR) is 165 cm³/mol. The quantitative estimate of drug-likeness (QED) is 0.228. The molecule has 41 heavy (non-hydrogen) atoms. The van der Waals surface area contributed by atoms with Gasteiger partial charge in [0.25, 0.3) is 0 Å². The summed E-state index contributed by atoms with van der Waals surface area (Å²) in [7, 11) is 0. The van der Waals surface area contributed by atoms with Gasteiger partial charge in [-0.05, 0) is 65.1 Å². The van der Waals surface area contributed by atoms with Gasteiger partial charge in [-0.1, -0.05) is 45.1 Å². The Bertz CT molecular complexity index is 1780. The van der Waals surface area contributed by atoms with Gasteiger partial charge in [0, 0.05) is 40.7 Å². The molecule has 0 saturated heterocycles. The second-order valence-corrected chi connectivity index (χ2v) is 12.7. The van der Waals surface area contributed by atoms with E-state index in [4.69, 9.17) is 0 Å². The number of aromatic amines is 1. The standard InChI is InChI=1S/C33H32FN5OS/c1-19-14-24-23(27-10-7-13-41-27)8-5-6-9-25(24)37-31(19)32-29-26(38-39-32)12-11-22(30(29)34)20-15-21(18-35-17-20)36-28(40)16-33(2,3)4/h5-8,10-13,15,17-18,37H,9,14,16H2,1-4H3,(H,36,40)(H,38,39). The molecule has 0 fully saturated rings. The van der Waals surface area contributed by atoms with Gasteiger partial charge < -0.3 is 10.6 Å². The van der Waals surface area contributed by atoms with Crippen molar-refractivity contribution in [3.8, 4) is 11.1 Å². The SMILES string of the molecule is CC1=C(c2n[nH]c3ccc(-c4cncc(NC(=O)CC(C)(C)C)c4)c(F)c23)NC2=C(C1)C(c1cccs1)=CC=CC2. The smallest absolute Gasteiger partial charge is 0.224 e. The van der Waals surface area contributed by atoms with Gasteiger partial charge in [-0.25, -0.2) is 4.39 Å². The van der Waals surface area contributed by atoms with Crippen molar-refractivity contribution in [3.63, 3.8) is 0 Å². The first-order chi connectivity index (χ1) is 19.7. The van der Waals surface area contributed by atoms with Crippen molar-refractivity contribution in [1.82, 2.24) is 20.5 Å². The minimum absolute atomic E-state index is 0.102. The predicted octanol–water partition coefficient (Wildman–Crippen LogP) is 8.22. The summed E-state index contributed by atoms with van der Waals surface area (Å²) in [6.45, 7) is 8.11. The maximum Gasteiger partial charge on any atom is 0.224 e. The lowest BCUT2D eigenvalue weighted by atomic mass is 9.90. The number of pyridine rings is 1. The largest absolute Gasteiger partial charge is 0.357 e. The van der Waals surface area contributed by atoms with Gasteiger partial charge in [0.05, 0.1) is 28.5 Å². The molecule has 0 bridgehead atoms. The molecule has 6 rings (SSSR count). The third-order valence-corrected chi connectivity index (χ3v) is 8.17. The average molecular weight is 566 g/mol. The molecule has 1 amide bonds. The number of nitrogens with one attached hydrogen (secondary N) is 3. The van der Waals surface area contributed by atoms with E-state index in [2.05, 4.69) is 68.5 Å². The topological polar surface area (TPSA) is 82.7 Å². The van der Waals surface area contributed by atoms with E-state index in [0.717, 1.165) is 29.8 Å². The third kappa shape index (κ3) is 5.39. The first-order valence-corrected chi connectivity index (χ1v) is 14.6. The van der Waals surface area contributed by atoms with Crippen LogP contribution in [-0.4, -0.2) is 21.1 Å². The van der Waals surface area contributed by atoms with Gasteiger partial charge in [-0.15, -0.1) is 11.3 Å². The van der Waals surface area contributed by atoms with Crippen molar-refractivity contribution in [1.29, 1.82) is 0 Å². The fourth-order valence-electron chi connectivity index (χ4n) is 5.42. The number of dihydropyridines is 1. The van der Waals surface area contributed by atoms with Crippen LogP contribution in [0.1, 0.15) is 57.5 Å². The number of hydrogen-bond acceptors (Lipinski definition) is 5. The minimum atomic E-state index is -0.381. The highest BCUT2D eigenvalue weighted by Crippen LogP contribution is 2.41. The Hall–Kier alpha value is -4.30. The van der Waals surface area contributed by atoms with E-state index < -0.39 is 0 Å². The third-order valence-electron chi connectivity index (χ3n) is 7.27. The van der Waals surface area contributed by atoms with Crippen molar-refractivity contribution in [2.45, 2.75) is 47.0 Å². The highest BCUT2D eigenvalue weighted by molar-refractivity contribution is 7.11. The Morgan fingerprint density at radius 3 is 2.83 bits per heavy atom. The molecule has 0 saturated carbocycles. The lowest BCUT2D eigenvalue weighted by Crippen LogP contribution is -2.21. The number of aromatic nitrogens is 3. The molecule has 3 aromatic heterocycles. The van der Waals surface area contributed by atoms with E-state index in [9.17, 15) is 4.79 Å². The number of rotatable bonds is 5. The van der Waals surface area contributed by atoms with E-state index in [1.807, 2.05) is 26.8 Å². The lowest BCUT2D eigenvalue weighted by Gasteiger charge is -2.26. The maximum absolute atomic E-state index is 16.3. The van der Waals surface area contributed by atoms with Gasteiger partial charge in [-0.2, -0.15) is 5.10 Å². The molecule has 0 unspecified atom stereocenters. The highest BCUT2D eigenvalue weighted by Gasteiger charge is 2.27. The summed E-state index contributed by atoms with van der Waals surface area (Å²) in [6.07, 6.45) is 11.5. The van der Waals surface area contributed by atoms with Crippen LogP contribution in [0.25, 0.3) is 33.3 Å². The Labute approximate surface area is 242 Å². The molecule has 8 heteroatoms. The molecule has 1 aliphatic carbocycles. The summed E-state index contributed by atoms with van der Waals surface area (Å²) >= 11 is 1.73. The number of fused-ring (bicyclic) bond motifs is 1. The summed E-state index contributed by atoms with van der Waals surface area (Å²) in [5.41, 5.74) is 8.05. The summed E-state index contributed by atoms with van der Waals surface area (Å²) in [5.74, 6) is -0.484. The molecule has 3 N–H and O–H groups in total. The van der Waals surface area contributed by atoms with E-state index >= 15 is 4.39 Å². The number of benzene rings is 1. The van der Waals surface area contributed by atoms with E-state index in [1.165, 1.54) is 16.0 Å². The van der Waals surface area contributed by atoms with Crippen molar-refractivity contribution in [2.75, 3.05) is 5.32 Å². The second-order valence-electron chi connectivity index (χ2n) is 11.8. The van der Waals surface area contributed by atoms with Crippen LogP contribution in [0.4, 0.5) is 10.1 Å². The van der Waals surface area contributed by atoms with Gasteiger partial charge >= 0.3 is 0 Å². The molecule has 208 valence electrons. The summed E-state index contributed by atoms with van der Waals surface area (Å²) in [4.78, 5) is 18.0. The number of allylic oxidation sites excluding steroid dienone is 6. The molecule has 4 aromatic rings. The van der Waals surface area contributed by atoms with Gasteiger partial charge in [0.1, 0.15) is 11.5 Å². The summed E-state index contributed by atoms with van der Waals surface area (Å²) < 4.78 is 16.3. The van der Waals surface area contributed by atoms with Crippen LogP contribution >= 0.6 is 11.3 Å². The van der Waals surface area contributed by atoms with Crippen molar-refractivity contribution >= 4 is 45.1 Å². The monoisotopic (exact) mass is 565 g/mol. The minimum Gasteiger partial charge on any atom is -0.357 e. The highest BCUT2D eigenvalue weighted by atomic mass is 32.1. The second kappa shape index (κ2) is 10.6. The average Bonchev–Trinajstić information content (AvgIpc) is 3.55. The molecule has 2 aliphatic rings. The molecule has 4 heterocycles. The number of anilines is 1. The van der Waals surface area contributed by atoms with Crippen molar-refractivity contribution < 1.29 is 9.18 Å². The van der Waals surface area contributed by atoms with Crippen LogP contribution in [-0.2, 0) is 4.79 Å². The normalized spacial score (nSPS) is 15.5. The van der Waals surface area contributed by atoms with Crippen LogP contribution in [0.3, 0.4) is 0 Å². The number of amides is 1. The van der Waals surface area contributed by atoms with E-state index in [1.54, 1.807) is 35.9 Å². The number of carbonyl (C=O) groups excluding carboxylic acids is 1. The van der Waals surface area contributed by atoms with Crippen molar-refractivity contribution in [3.05, 3.63) is 99.6 Å². The Balaban J connectivity index is 1.35. The lowest BCUT2D eigenvalue weighted by molar-refractivity contribution is -0.117. The Kier molecular flexibility index (Phi) is 6.95. The van der Waals surface area contributed by atoms with Gasteiger partial charge in [0.15, 0.2) is 0 Å². The van der Waals surface area contributed by atoms with Crippen LogP contribution in [0.2, 0.25) is 0 Å². The maximum atomic E-state index is 16.3. The molecule has 1 aliphatic heterocycles. The number of nitrogens with zero attached hydrogens (tertiary/aromatic N) is 2. The van der Waals surface area contributed by atoms with Gasteiger partial charge in [-0.3, -0.25) is 14.9 Å². The summed E-state index contributed by atoms with van der Waals surface area (Å²) in [6, 6.07) is 9.54. The number of hydrogen-bond donors (Lipinski definition) is 3. The first-order valence-electron chi connectivity index (χ1n) is 13.7. The first kappa shape index (κ1) is 26.9. The Morgan fingerprint density at radius 1 is 1.20 bits per heavy atom. The number of thiophene rings is 1. The van der Waals surface area contributed by atoms with Crippen LogP contribution in [0, 0.1) is 11.2 Å². The molecule has 6 nitrogen and oxygen atoms in total. The van der Waals surface area contributed by atoms with E-state index in [-0.39, 0.29) is 17.1 Å². The Morgan fingerprint density at radius 2 is 2.05 bits per heavy atom. The van der Waals surface area contributed by atoms with Crippen molar-refractivity contribution in [2.24, 2.45) is 5.41 Å². The molecular formula is C33H32FN5OS. The molecular weight excluding hydrogens is 533 g/mol. The molecule has 0 radical (unpaired) electrons. The zero-order valence-electron chi connectivity index (χ0n) is 23.6.